The average molecular weight is 621 g/mol. The third-order valence-electron chi connectivity index (χ3n) is 7.97. The number of hydrogen-bond donors (Lipinski definition) is 0. The van der Waals surface area contributed by atoms with Crippen LogP contribution in [0.3, 0.4) is 0 Å². The molecule has 210 valence electrons. The first-order valence-electron chi connectivity index (χ1n) is 19.1. The highest BCUT2D eigenvalue weighted by Crippen LogP contribution is 2.44. The van der Waals surface area contributed by atoms with Crippen LogP contribution in [-0.4, -0.2) is 19.5 Å². The van der Waals surface area contributed by atoms with Crippen LogP contribution in [0.5, 0.6) is 0 Å². The molecule has 0 atom stereocenters. The van der Waals surface area contributed by atoms with Gasteiger partial charge in [0.05, 0.1) is 24.7 Å². The minimum Gasteiger partial charge on any atom is -0.278 e. The summed E-state index contributed by atoms with van der Waals surface area (Å²) < 4.78 is 92.6. The molecule has 10 rings (SSSR count). The van der Waals surface area contributed by atoms with Gasteiger partial charge < -0.3 is 0 Å². The zero-order valence-electron chi connectivity index (χ0n) is 33.0. The zero-order valence-corrected chi connectivity index (χ0v) is 24.7. The van der Waals surface area contributed by atoms with E-state index in [0.717, 1.165) is 31.5 Å². The summed E-state index contributed by atoms with van der Waals surface area (Å²) in [7, 11) is 0. The lowest BCUT2D eigenvalue weighted by Gasteiger charge is -2.11. The SMILES string of the molecule is [2H]c1c([2H])c([2H])c2c(sc3c2c([2H])c([2H])c2c3c3c([2H])c([2H])c([2H])c([2H])c3n2-c2nc(-c3ccccc3)nc(-c3cccc4c3sc3ccccc34)n2)c1[2H]. The molecule has 10 aromatic rings. The Morgan fingerprint density at radius 3 is 2.20 bits per heavy atom. The van der Waals surface area contributed by atoms with Crippen molar-refractivity contribution in [3.05, 3.63) is 133 Å². The molecule has 0 unspecified atom stereocenters. The Labute approximate surface area is 279 Å². The first kappa shape index (κ1) is 17.2. The number of para-hydroxylation sites is 1. The van der Waals surface area contributed by atoms with Crippen molar-refractivity contribution in [1.29, 1.82) is 0 Å². The third kappa shape index (κ3) is 3.67. The Balaban J connectivity index is 1.41. The van der Waals surface area contributed by atoms with Gasteiger partial charge in [-0.1, -0.05) is 103 Å². The van der Waals surface area contributed by atoms with Gasteiger partial charge in [0.1, 0.15) is 0 Å². The molecule has 0 saturated carbocycles. The fourth-order valence-corrected chi connectivity index (χ4v) is 8.33. The van der Waals surface area contributed by atoms with E-state index in [1.807, 2.05) is 60.7 Å². The standard InChI is InChI=1S/C39H22N4S2/c1-2-11-23(12-3-1)37-40-38(29-17-10-16-26-24-13-5-8-19-32(24)44-35(26)29)42-39(41-37)43-30-18-7-4-15-28(30)34-31(43)22-21-27-25-14-6-9-20-33(25)45-36(27)34/h1-22H/i4D,6D,7D,9D,14D,15D,18D,20D,21D,22D. The molecule has 0 spiro atoms. The van der Waals surface area contributed by atoms with Gasteiger partial charge >= 0.3 is 0 Å². The van der Waals surface area contributed by atoms with E-state index in [9.17, 15) is 5.48 Å². The topological polar surface area (TPSA) is 43.6 Å². The smallest absolute Gasteiger partial charge is 0.238 e. The van der Waals surface area contributed by atoms with Crippen LogP contribution < -0.4 is 0 Å². The maximum Gasteiger partial charge on any atom is 0.238 e. The fraction of sp³-hybridized carbons (Fsp3) is 0. The molecular formula is C39H22N4S2. The van der Waals surface area contributed by atoms with Crippen molar-refractivity contribution >= 4 is 84.8 Å². The minimum atomic E-state index is -0.515. The largest absolute Gasteiger partial charge is 0.278 e. The van der Waals surface area contributed by atoms with Gasteiger partial charge in [-0.25, -0.2) is 4.98 Å². The maximum absolute atomic E-state index is 9.50. The number of nitrogens with zero attached hydrogens (tertiary/aromatic N) is 4. The van der Waals surface area contributed by atoms with E-state index in [2.05, 4.69) is 12.1 Å². The molecule has 4 nitrogen and oxygen atoms in total. The van der Waals surface area contributed by atoms with Crippen LogP contribution >= 0.6 is 22.7 Å². The number of aromatic nitrogens is 4. The second-order valence-electron chi connectivity index (χ2n) is 10.5. The van der Waals surface area contributed by atoms with Crippen molar-refractivity contribution in [3.63, 3.8) is 0 Å². The highest BCUT2D eigenvalue weighted by molar-refractivity contribution is 7.27. The van der Waals surface area contributed by atoms with Crippen LogP contribution in [-0.2, 0) is 0 Å². The summed E-state index contributed by atoms with van der Waals surface area (Å²) in [6.45, 7) is 0. The van der Waals surface area contributed by atoms with Gasteiger partial charge in [0, 0.05) is 62.2 Å². The summed E-state index contributed by atoms with van der Waals surface area (Å²) in [6.07, 6.45) is 0. The maximum atomic E-state index is 9.50. The Morgan fingerprint density at radius 1 is 0.511 bits per heavy atom. The van der Waals surface area contributed by atoms with Crippen molar-refractivity contribution in [1.82, 2.24) is 19.5 Å². The van der Waals surface area contributed by atoms with Gasteiger partial charge in [-0.2, -0.15) is 9.97 Å². The Morgan fingerprint density at radius 2 is 1.27 bits per heavy atom. The van der Waals surface area contributed by atoms with Crippen LogP contribution in [0, 0.1) is 0 Å². The highest BCUT2D eigenvalue weighted by atomic mass is 32.1. The quantitative estimate of drug-likeness (QED) is 0.197. The molecule has 6 aromatic carbocycles. The molecule has 6 heteroatoms. The predicted octanol–water partition coefficient (Wildman–Crippen LogP) is 11.0. The van der Waals surface area contributed by atoms with E-state index in [1.165, 1.54) is 4.57 Å². The first-order valence-corrected chi connectivity index (χ1v) is 15.7. The van der Waals surface area contributed by atoms with Crippen LogP contribution in [0.4, 0.5) is 0 Å². The van der Waals surface area contributed by atoms with E-state index in [1.54, 1.807) is 11.3 Å². The Bertz CT molecular complexity index is 3340. The second kappa shape index (κ2) is 9.53. The van der Waals surface area contributed by atoms with Gasteiger partial charge in [-0.15, -0.1) is 22.7 Å². The second-order valence-corrected chi connectivity index (χ2v) is 12.5. The van der Waals surface area contributed by atoms with Crippen LogP contribution in [0.2, 0.25) is 0 Å². The van der Waals surface area contributed by atoms with E-state index >= 15 is 0 Å². The average Bonchev–Trinajstić information content (AvgIpc) is 3.90. The molecule has 0 radical (unpaired) electrons. The van der Waals surface area contributed by atoms with Gasteiger partial charge in [0.2, 0.25) is 5.95 Å². The Hall–Kier alpha value is -5.43. The monoisotopic (exact) mass is 620 g/mol. The molecule has 0 aliphatic carbocycles. The van der Waals surface area contributed by atoms with Crippen LogP contribution in [0.25, 0.3) is 90.9 Å². The van der Waals surface area contributed by atoms with Gasteiger partial charge in [-0.3, -0.25) is 4.57 Å². The van der Waals surface area contributed by atoms with Gasteiger partial charge in [0.25, 0.3) is 0 Å². The predicted molar refractivity (Wildman–Crippen MR) is 191 cm³/mol. The van der Waals surface area contributed by atoms with E-state index < -0.39 is 30.2 Å². The summed E-state index contributed by atoms with van der Waals surface area (Å²) in [4.78, 5) is 14.9. The highest BCUT2D eigenvalue weighted by Gasteiger charge is 2.21. The van der Waals surface area contributed by atoms with E-state index in [4.69, 9.17) is 23.2 Å². The number of thiophene rings is 2. The molecule has 4 aromatic heterocycles. The van der Waals surface area contributed by atoms with Crippen molar-refractivity contribution in [2.75, 3.05) is 0 Å². The summed E-state index contributed by atoms with van der Waals surface area (Å²) in [5, 5.41) is 2.53. The first-order chi connectivity index (χ1) is 26.5. The summed E-state index contributed by atoms with van der Waals surface area (Å²) in [6, 6.07) is 19.1. The molecule has 0 N–H and O–H groups in total. The molecule has 0 fully saturated rings. The molecule has 0 aliphatic rings. The molecule has 0 aliphatic heterocycles. The van der Waals surface area contributed by atoms with Crippen LogP contribution in [0.15, 0.2) is 133 Å². The molecule has 4 heterocycles. The summed E-state index contributed by atoms with van der Waals surface area (Å²) in [5.74, 6) is 0.532. The number of benzene rings is 6. The fourth-order valence-electron chi connectivity index (χ4n) is 6.00. The lowest BCUT2D eigenvalue weighted by Crippen LogP contribution is -2.06. The lowest BCUT2D eigenvalue weighted by molar-refractivity contribution is 0.955. The number of hydrogen-bond acceptors (Lipinski definition) is 5. The minimum absolute atomic E-state index is 0.0188. The lowest BCUT2D eigenvalue weighted by atomic mass is 10.1. The normalized spacial score (nSPS) is 15.1. The third-order valence-corrected chi connectivity index (χ3v) is 10.3. The molecule has 0 saturated heterocycles. The van der Waals surface area contributed by atoms with Gasteiger partial charge in [-0.05, 0) is 30.3 Å². The number of rotatable bonds is 3. The molecule has 45 heavy (non-hydrogen) atoms. The van der Waals surface area contributed by atoms with Crippen molar-refractivity contribution in [3.8, 4) is 28.7 Å². The van der Waals surface area contributed by atoms with E-state index in [0.29, 0.717) is 21.7 Å². The zero-order chi connectivity index (χ0) is 38.2. The molecule has 0 bridgehead atoms. The van der Waals surface area contributed by atoms with E-state index in [-0.39, 0.29) is 79.3 Å². The van der Waals surface area contributed by atoms with Crippen molar-refractivity contribution in [2.45, 2.75) is 0 Å². The summed E-state index contributed by atoms with van der Waals surface area (Å²) in [5.41, 5.74) is 1.39. The number of fused-ring (bicyclic) bond motifs is 10. The van der Waals surface area contributed by atoms with Crippen LogP contribution in [0.1, 0.15) is 13.7 Å². The molecular weight excluding hydrogens is 589 g/mol. The van der Waals surface area contributed by atoms with Crippen molar-refractivity contribution in [2.24, 2.45) is 0 Å². The molecule has 0 amide bonds. The van der Waals surface area contributed by atoms with Crippen molar-refractivity contribution < 1.29 is 13.7 Å². The summed E-state index contributed by atoms with van der Waals surface area (Å²) >= 11 is 2.59. The van der Waals surface area contributed by atoms with Gasteiger partial charge in [0.15, 0.2) is 11.6 Å². The Kier molecular flexibility index (Phi) is 3.64.